The second kappa shape index (κ2) is 7.82. The molecule has 1 unspecified atom stereocenters. The molecule has 0 bridgehead atoms. The van der Waals surface area contributed by atoms with Crippen LogP contribution < -0.4 is 5.32 Å². The van der Waals surface area contributed by atoms with Crippen molar-refractivity contribution in [3.05, 3.63) is 57.2 Å². The van der Waals surface area contributed by atoms with Crippen LogP contribution in [-0.2, 0) is 6.42 Å². The summed E-state index contributed by atoms with van der Waals surface area (Å²) in [7, 11) is 0. The van der Waals surface area contributed by atoms with Crippen LogP contribution in [0.15, 0.2) is 42.5 Å². The van der Waals surface area contributed by atoms with Gasteiger partial charge in [0.05, 0.1) is 4.34 Å². The Morgan fingerprint density at radius 3 is 2.40 bits per heavy atom. The van der Waals surface area contributed by atoms with Gasteiger partial charge in [-0.15, -0.1) is 11.3 Å². The van der Waals surface area contributed by atoms with Crippen LogP contribution in [0, 0.1) is 5.92 Å². The highest BCUT2D eigenvalue weighted by Gasteiger charge is 2.13. The lowest BCUT2D eigenvalue weighted by Crippen LogP contribution is -2.26. The van der Waals surface area contributed by atoms with Gasteiger partial charge in [0.25, 0.3) is 0 Å². The fourth-order valence-electron chi connectivity index (χ4n) is 2.28. The molecule has 0 aliphatic heterocycles. The zero-order chi connectivity index (χ0) is 14.4. The van der Waals surface area contributed by atoms with Crippen molar-refractivity contribution in [3.63, 3.8) is 0 Å². The van der Waals surface area contributed by atoms with Gasteiger partial charge in [-0.1, -0.05) is 55.8 Å². The third kappa shape index (κ3) is 4.93. The van der Waals surface area contributed by atoms with E-state index in [1.807, 2.05) is 6.07 Å². The predicted octanol–water partition coefficient (Wildman–Crippen LogP) is 4.97. The molecule has 0 fully saturated rings. The topological polar surface area (TPSA) is 12.0 Å². The molecule has 1 heterocycles. The molecule has 1 nitrogen and oxygen atoms in total. The van der Waals surface area contributed by atoms with Crippen molar-refractivity contribution in [1.82, 2.24) is 5.32 Å². The third-order valence-electron chi connectivity index (χ3n) is 3.29. The number of halogens is 1. The summed E-state index contributed by atoms with van der Waals surface area (Å²) in [6, 6.07) is 14.9. The van der Waals surface area contributed by atoms with Gasteiger partial charge in [-0.25, -0.2) is 0 Å². The van der Waals surface area contributed by atoms with Crippen LogP contribution in [0.5, 0.6) is 0 Å². The first kappa shape index (κ1) is 15.6. The summed E-state index contributed by atoms with van der Waals surface area (Å²) in [5, 5.41) is 3.58. The zero-order valence-corrected chi connectivity index (χ0v) is 13.7. The highest BCUT2D eigenvalue weighted by atomic mass is 35.5. The van der Waals surface area contributed by atoms with Gasteiger partial charge in [-0.05, 0) is 36.6 Å². The first-order chi connectivity index (χ1) is 9.65. The lowest BCUT2D eigenvalue weighted by molar-refractivity contribution is 0.515. The quantitative estimate of drug-likeness (QED) is 0.761. The van der Waals surface area contributed by atoms with Crippen LogP contribution in [0.2, 0.25) is 4.34 Å². The molecule has 0 radical (unpaired) electrons. The monoisotopic (exact) mass is 307 g/mol. The summed E-state index contributed by atoms with van der Waals surface area (Å²) in [6.07, 6.45) is 1.05. The zero-order valence-electron chi connectivity index (χ0n) is 12.1. The lowest BCUT2D eigenvalue weighted by atomic mass is 9.95. The van der Waals surface area contributed by atoms with E-state index in [4.69, 9.17) is 11.6 Å². The standard InChI is InChI=1S/C17H22ClNS/c1-13(2)11-19-12-15(14-6-4-3-5-7-14)10-16-8-9-17(18)20-16/h3-9,13,15,19H,10-12H2,1-2H3. The van der Waals surface area contributed by atoms with E-state index in [1.165, 1.54) is 10.4 Å². The van der Waals surface area contributed by atoms with E-state index in [1.54, 1.807) is 11.3 Å². The van der Waals surface area contributed by atoms with E-state index in [-0.39, 0.29) is 0 Å². The third-order valence-corrected chi connectivity index (χ3v) is 4.54. The molecule has 0 saturated carbocycles. The van der Waals surface area contributed by atoms with Gasteiger partial charge in [0.15, 0.2) is 0 Å². The first-order valence-corrected chi connectivity index (χ1v) is 8.34. The molecule has 0 saturated heterocycles. The Labute approximate surface area is 131 Å². The minimum absolute atomic E-state index is 0.504. The Kier molecular flexibility index (Phi) is 6.08. The van der Waals surface area contributed by atoms with Crippen molar-refractivity contribution in [1.29, 1.82) is 0 Å². The Balaban J connectivity index is 2.03. The lowest BCUT2D eigenvalue weighted by Gasteiger charge is -2.18. The highest BCUT2D eigenvalue weighted by Crippen LogP contribution is 2.27. The molecule has 108 valence electrons. The predicted molar refractivity (Wildman–Crippen MR) is 89.9 cm³/mol. The van der Waals surface area contributed by atoms with E-state index in [9.17, 15) is 0 Å². The number of hydrogen-bond donors (Lipinski definition) is 1. The number of nitrogens with one attached hydrogen (secondary N) is 1. The smallest absolute Gasteiger partial charge is 0.0931 e. The largest absolute Gasteiger partial charge is 0.316 e. The molecule has 0 amide bonds. The van der Waals surface area contributed by atoms with E-state index >= 15 is 0 Å². The van der Waals surface area contributed by atoms with Crippen molar-refractivity contribution < 1.29 is 0 Å². The Bertz CT molecular complexity index is 507. The summed E-state index contributed by atoms with van der Waals surface area (Å²) in [4.78, 5) is 1.36. The molecule has 0 aliphatic carbocycles. The van der Waals surface area contributed by atoms with Gasteiger partial charge < -0.3 is 5.32 Å². The van der Waals surface area contributed by atoms with Crippen LogP contribution in [0.3, 0.4) is 0 Å². The van der Waals surface area contributed by atoms with Gasteiger partial charge >= 0.3 is 0 Å². The van der Waals surface area contributed by atoms with E-state index in [0.29, 0.717) is 11.8 Å². The molecular formula is C17H22ClNS. The Morgan fingerprint density at radius 1 is 1.05 bits per heavy atom. The highest BCUT2D eigenvalue weighted by molar-refractivity contribution is 7.16. The molecule has 3 heteroatoms. The van der Waals surface area contributed by atoms with Crippen molar-refractivity contribution in [2.45, 2.75) is 26.2 Å². The van der Waals surface area contributed by atoms with Gasteiger partial charge in [-0.2, -0.15) is 0 Å². The summed E-state index contributed by atoms with van der Waals surface area (Å²) in [5.41, 5.74) is 1.40. The molecule has 0 spiro atoms. The maximum absolute atomic E-state index is 6.04. The molecule has 1 aromatic heterocycles. The van der Waals surface area contributed by atoms with Crippen LogP contribution in [-0.4, -0.2) is 13.1 Å². The maximum atomic E-state index is 6.04. The Morgan fingerprint density at radius 2 is 1.80 bits per heavy atom. The van der Waals surface area contributed by atoms with Crippen molar-refractivity contribution >= 4 is 22.9 Å². The molecule has 0 aliphatic rings. The van der Waals surface area contributed by atoms with E-state index in [2.05, 4.69) is 55.6 Å². The van der Waals surface area contributed by atoms with Gasteiger partial charge in [-0.3, -0.25) is 0 Å². The second-order valence-electron chi connectivity index (χ2n) is 5.57. The molecule has 2 rings (SSSR count). The van der Waals surface area contributed by atoms with Crippen LogP contribution in [0.25, 0.3) is 0 Å². The maximum Gasteiger partial charge on any atom is 0.0931 e. The number of hydrogen-bond acceptors (Lipinski definition) is 2. The number of rotatable bonds is 7. The van der Waals surface area contributed by atoms with E-state index in [0.717, 1.165) is 23.8 Å². The number of thiophene rings is 1. The SMILES string of the molecule is CC(C)CNCC(Cc1ccc(Cl)s1)c1ccccc1. The fraction of sp³-hybridized carbons (Fsp3) is 0.412. The van der Waals surface area contributed by atoms with Crippen LogP contribution in [0.1, 0.15) is 30.2 Å². The van der Waals surface area contributed by atoms with Gasteiger partial charge in [0, 0.05) is 17.3 Å². The first-order valence-electron chi connectivity index (χ1n) is 7.15. The number of benzene rings is 1. The van der Waals surface area contributed by atoms with E-state index < -0.39 is 0 Å². The Hall–Kier alpha value is -0.830. The van der Waals surface area contributed by atoms with Crippen molar-refractivity contribution in [2.75, 3.05) is 13.1 Å². The van der Waals surface area contributed by atoms with Gasteiger partial charge in [0.2, 0.25) is 0 Å². The summed E-state index contributed by atoms with van der Waals surface area (Å²) >= 11 is 7.73. The average Bonchev–Trinajstić information content (AvgIpc) is 2.84. The fourth-order valence-corrected chi connectivity index (χ4v) is 3.45. The minimum atomic E-state index is 0.504. The molecule has 1 atom stereocenters. The second-order valence-corrected chi connectivity index (χ2v) is 7.37. The van der Waals surface area contributed by atoms with Crippen molar-refractivity contribution in [2.24, 2.45) is 5.92 Å². The van der Waals surface area contributed by atoms with Gasteiger partial charge in [0.1, 0.15) is 0 Å². The molecule has 20 heavy (non-hydrogen) atoms. The van der Waals surface area contributed by atoms with Crippen LogP contribution >= 0.6 is 22.9 Å². The molecule has 1 aromatic carbocycles. The summed E-state index contributed by atoms with van der Waals surface area (Å²) < 4.78 is 0.877. The average molecular weight is 308 g/mol. The molecular weight excluding hydrogens is 286 g/mol. The summed E-state index contributed by atoms with van der Waals surface area (Å²) in [5.74, 6) is 1.19. The molecule has 2 aromatic rings. The molecule has 1 N–H and O–H groups in total. The minimum Gasteiger partial charge on any atom is -0.316 e. The van der Waals surface area contributed by atoms with Crippen molar-refractivity contribution in [3.8, 4) is 0 Å². The summed E-state index contributed by atoms with van der Waals surface area (Å²) in [6.45, 7) is 6.55. The van der Waals surface area contributed by atoms with Crippen LogP contribution in [0.4, 0.5) is 0 Å². The normalized spacial score (nSPS) is 12.8.